The molecule has 3 N–H and O–H groups in total. The number of piperidine rings is 1. The van der Waals surface area contributed by atoms with Gasteiger partial charge < -0.3 is 20.6 Å². The van der Waals surface area contributed by atoms with E-state index in [1.165, 1.54) is 11.8 Å². The molecule has 0 aliphatic carbocycles. The summed E-state index contributed by atoms with van der Waals surface area (Å²) in [6, 6.07) is -0.526. The molecule has 27 heavy (non-hydrogen) atoms. The number of β-amino-alcohol motifs (C(OH)–C–C–N with tert-alkyl or cyclic N) is 1. The highest BCUT2D eigenvalue weighted by Crippen LogP contribution is 2.24. The fourth-order valence-corrected chi connectivity index (χ4v) is 3.60. The van der Waals surface area contributed by atoms with E-state index in [-0.39, 0.29) is 37.4 Å². The van der Waals surface area contributed by atoms with Crippen LogP contribution in [0.2, 0.25) is 0 Å². The van der Waals surface area contributed by atoms with Gasteiger partial charge in [0.25, 0.3) is 5.92 Å². The van der Waals surface area contributed by atoms with Crippen molar-refractivity contribution in [3.63, 3.8) is 0 Å². The lowest BCUT2D eigenvalue weighted by Crippen LogP contribution is -2.50. The van der Waals surface area contributed by atoms with Crippen LogP contribution in [0.25, 0.3) is 0 Å². The summed E-state index contributed by atoms with van der Waals surface area (Å²) in [6.45, 7) is 3.20. The summed E-state index contributed by atoms with van der Waals surface area (Å²) >= 11 is 0. The minimum absolute atomic E-state index is 0.0200. The van der Waals surface area contributed by atoms with Crippen LogP contribution in [0.4, 0.5) is 8.78 Å². The molecule has 154 valence electrons. The molecule has 2 fully saturated rings. The number of nitrogens with one attached hydrogen (secondary N) is 2. The lowest BCUT2D eigenvalue weighted by molar-refractivity contribution is -0.141. The van der Waals surface area contributed by atoms with Crippen molar-refractivity contribution >= 4 is 17.7 Å². The lowest BCUT2D eigenvalue weighted by atomic mass is 9.91. The molecule has 0 bridgehead atoms. The molecule has 0 aromatic rings. The minimum atomic E-state index is -3.08. The summed E-state index contributed by atoms with van der Waals surface area (Å²) in [6.07, 6.45) is -0.717. The number of aliphatic hydroxyl groups excluding tert-OH is 1. The van der Waals surface area contributed by atoms with Crippen molar-refractivity contribution in [2.24, 2.45) is 5.92 Å². The average molecular weight is 389 g/mol. The van der Waals surface area contributed by atoms with Crippen LogP contribution in [-0.4, -0.2) is 64.9 Å². The zero-order valence-corrected chi connectivity index (χ0v) is 15.8. The highest BCUT2D eigenvalue weighted by Gasteiger charge is 2.36. The van der Waals surface area contributed by atoms with Gasteiger partial charge in [-0.25, -0.2) is 8.78 Å². The number of carbonyl (C=O) groups excluding carboxylic acids is 3. The van der Waals surface area contributed by atoms with Gasteiger partial charge in [-0.1, -0.05) is 6.92 Å². The number of hydrogen-bond donors (Lipinski definition) is 3. The summed E-state index contributed by atoms with van der Waals surface area (Å²) in [5, 5.41) is 15.6. The van der Waals surface area contributed by atoms with E-state index >= 15 is 0 Å². The van der Waals surface area contributed by atoms with Crippen molar-refractivity contribution in [2.75, 3.05) is 13.1 Å². The van der Waals surface area contributed by atoms with Gasteiger partial charge in [0.05, 0.1) is 12.5 Å². The van der Waals surface area contributed by atoms with Crippen LogP contribution in [0.3, 0.4) is 0 Å². The topological polar surface area (TPSA) is 98.7 Å². The molecule has 0 radical (unpaired) electrons. The Morgan fingerprint density at radius 1 is 1.33 bits per heavy atom. The minimum Gasteiger partial charge on any atom is -0.391 e. The van der Waals surface area contributed by atoms with Crippen LogP contribution >= 0.6 is 0 Å². The van der Waals surface area contributed by atoms with Gasteiger partial charge in [-0.2, -0.15) is 0 Å². The maximum absolute atomic E-state index is 13.6. The Balaban J connectivity index is 1.98. The molecule has 4 atom stereocenters. The van der Waals surface area contributed by atoms with E-state index in [4.69, 9.17) is 0 Å². The Bertz CT molecular complexity index is 573. The number of likely N-dealkylation sites (tertiary alicyclic amines) is 1. The Hall–Kier alpha value is -1.77. The number of carbonyl (C=O) groups is 3. The summed E-state index contributed by atoms with van der Waals surface area (Å²) < 4.78 is 27.1. The summed E-state index contributed by atoms with van der Waals surface area (Å²) in [7, 11) is 0. The number of nitrogens with zero attached hydrogens (tertiary/aromatic N) is 1. The Kier molecular flexibility index (Phi) is 7.13. The van der Waals surface area contributed by atoms with Crippen molar-refractivity contribution in [3.8, 4) is 0 Å². The number of aliphatic hydroxyl groups is 1. The second-order valence-electron chi connectivity index (χ2n) is 7.73. The molecule has 2 aliphatic heterocycles. The third-order valence-electron chi connectivity index (χ3n) is 5.19. The zero-order valence-electron chi connectivity index (χ0n) is 15.8. The third-order valence-corrected chi connectivity index (χ3v) is 5.19. The van der Waals surface area contributed by atoms with Crippen molar-refractivity contribution < 1.29 is 28.3 Å². The molecule has 7 nitrogen and oxygen atoms in total. The Morgan fingerprint density at radius 3 is 2.67 bits per heavy atom. The maximum Gasteiger partial charge on any atom is 0.256 e. The molecular weight excluding hydrogens is 360 g/mol. The molecule has 0 spiro atoms. The largest absolute Gasteiger partial charge is 0.391 e. The van der Waals surface area contributed by atoms with E-state index in [9.17, 15) is 28.3 Å². The van der Waals surface area contributed by atoms with Crippen LogP contribution in [-0.2, 0) is 14.4 Å². The quantitative estimate of drug-likeness (QED) is 0.648. The molecule has 9 heteroatoms. The highest BCUT2D eigenvalue weighted by atomic mass is 19.3. The molecule has 0 aromatic carbocycles. The van der Waals surface area contributed by atoms with Crippen molar-refractivity contribution in [1.29, 1.82) is 0 Å². The monoisotopic (exact) mass is 389 g/mol. The number of amides is 3. The van der Waals surface area contributed by atoms with Crippen LogP contribution in [0.1, 0.15) is 52.4 Å². The lowest BCUT2D eigenvalue weighted by Gasteiger charge is -2.30. The van der Waals surface area contributed by atoms with Gasteiger partial charge in [0.1, 0.15) is 0 Å². The molecule has 2 saturated heterocycles. The molecule has 0 saturated carbocycles. The number of hydrogen-bond acceptors (Lipinski definition) is 4. The standard InChI is InChI=1S/C18H29F2N3O4/c1-3-18(19,20)8-16(26)23-9-13(4-5-14(24)10-23)22-17(27)12-6-11(2)21-15(25)7-12/h11-14,24H,3-10H2,1-2H3,(H,21,25)(H,22,27)/t11-,12+,13+,14-/m0/s1. The molecule has 0 aromatic heterocycles. The van der Waals surface area contributed by atoms with Crippen LogP contribution in [0.15, 0.2) is 0 Å². The van der Waals surface area contributed by atoms with Gasteiger partial charge in [0, 0.05) is 43.9 Å². The van der Waals surface area contributed by atoms with Gasteiger partial charge in [-0.15, -0.1) is 0 Å². The van der Waals surface area contributed by atoms with E-state index in [1.807, 2.05) is 6.92 Å². The first kappa shape index (κ1) is 21.5. The SMILES string of the molecule is CCC(F)(F)CC(=O)N1C[C@@H](O)CC[C@@H](NC(=O)[C@H]2CC(=O)N[C@@H](C)C2)C1. The van der Waals surface area contributed by atoms with Gasteiger partial charge in [0.2, 0.25) is 17.7 Å². The highest BCUT2D eigenvalue weighted by molar-refractivity contribution is 5.87. The Labute approximate surface area is 157 Å². The van der Waals surface area contributed by atoms with E-state index < -0.39 is 42.7 Å². The van der Waals surface area contributed by atoms with Crippen LogP contribution < -0.4 is 10.6 Å². The summed E-state index contributed by atoms with van der Waals surface area (Å²) in [4.78, 5) is 37.6. The summed E-state index contributed by atoms with van der Waals surface area (Å²) in [5.41, 5.74) is 0. The normalized spacial score (nSPS) is 29.7. The number of alkyl halides is 2. The Morgan fingerprint density at radius 2 is 2.04 bits per heavy atom. The number of rotatable bonds is 5. The molecule has 2 rings (SSSR count). The molecule has 3 amide bonds. The predicted molar refractivity (Wildman–Crippen MR) is 93.9 cm³/mol. The molecule has 0 unspecified atom stereocenters. The first-order chi connectivity index (χ1) is 12.6. The second kappa shape index (κ2) is 8.95. The van der Waals surface area contributed by atoms with Gasteiger partial charge in [-0.05, 0) is 26.2 Å². The van der Waals surface area contributed by atoms with E-state index in [0.29, 0.717) is 19.3 Å². The smallest absolute Gasteiger partial charge is 0.256 e. The maximum atomic E-state index is 13.6. The van der Waals surface area contributed by atoms with Crippen molar-refractivity contribution in [1.82, 2.24) is 15.5 Å². The van der Waals surface area contributed by atoms with Gasteiger partial charge in [-0.3, -0.25) is 14.4 Å². The zero-order chi connectivity index (χ0) is 20.2. The predicted octanol–water partition coefficient (Wildman–Crippen LogP) is 0.805. The average Bonchev–Trinajstić information content (AvgIpc) is 2.75. The van der Waals surface area contributed by atoms with Crippen molar-refractivity contribution in [2.45, 2.75) is 76.5 Å². The van der Waals surface area contributed by atoms with Crippen molar-refractivity contribution in [3.05, 3.63) is 0 Å². The van der Waals surface area contributed by atoms with E-state index in [0.717, 1.165) is 0 Å². The third kappa shape index (κ3) is 6.41. The van der Waals surface area contributed by atoms with Gasteiger partial charge >= 0.3 is 0 Å². The number of halogens is 2. The molecule has 2 aliphatic rings. The first-order valence-electron chi connectivity index (χ1n) is 9.53. The summed E-state index contributed by atoms with van der Waals surface area (Å²) in [5.74, 6) is -4.71. The first-order valence-corrected chi connectivity index (χ1v) is 9.53. The van der Waals surface area contributed by atoms with Crippen LogP contribution in [0, 0.1) is 5.92 Å². The molecular formula is C18H29F2N3O4. The fraction of sp³-hybridized carbons (Fsp3) is 0.833. The molecule has 2 heterocycles. The van der Waals surface area contributed by atoms with E-state index in [1.54, 1.807) is 0 Å². The second-order valence-corrected chi connectivity index (χ2v) is 7.73. The fourth-order valence-electron chi connectivity index (χ4n) is 3.60. The van der Waals surface area contributed by atoms with Gasteiger partial charge in [0.15, 0.2) is 0 Å². The van der Waals surface area contributed by atoms with E-state index in [2.05, 4.69) is 10.6 Å². The van der Waals surface area contributed by atoms with Crippen LogP contribution in [0.5, 0.6) is 0 Å².